The van der Waals surface area contributed by atoms with Crippen molar-refractivity contribution in [1.29, 1.82) is 0 Å². The summed E-state index contributed by atoms with van der Waals surface area (Å²) >= 11 is 3.30. The van der Waals surface area contributed by atoms with Gasteiger partial charge >= 0.3 is 0 Å². The van der Waals surface area contributed by atoms with Gasteiger partial charge in [-0.3, -0.25) is 9.69 Å². The number of carbonyl (C=O) groups excluding carboxylic acids is 1. The average molecular weight is 358 g/mol. The third kappa shape index (κ3) is 5.26. The zero-order valence-corrected chi connectivity index (χ0v) is 14.6. The van der Waals surface area contributed by atoms with Crippen LogP contribution in [-0.2, 0) is 0 Å². The summed E-state index contributed by atoms with van der Waals surface area (Å²) in [4.78, 5) is 18.6. The van der Waals surface area contributed by atoms with Crippen LogP contribution in [-0.4, -0.2) is 41.0 Å². The lowest BCUT2D eigenvalue weighted by Gasteiger charge is -2.30. The highest BCUT2D eigenvalue weighted by Crippen LogP contribution is 2.17. The number of hydrazine groups is 1. The molecular formula is C14H24BrN5O. The molecule has 0 spiro atoms. The second-order valence-electron chi connectivity index (χ2n) is 5.38. The molecule has 0 aliphatic rings. The number of carbonyl (C=O) groups is 1. The topological polar surface area (TPSA) is 83.3 Å². The number of hydrogen-bond acceptors (Lipinski definition) is 5. The van der Waals surface area contributed by atoms with E-state index < -0.39 is 0 Å². The van der Waals surface area contributed by atoms with Crippen LogP contribution in [0.2, 0.25) is 0 Å². The average Bonchev–Trinajstić information content (AvgIpc) is 2.42. The third-order valence-corrected chi connectivity index (χ3v) is 3.65. The van der Waals surface area contributed by atoms with Crippen LogP contribution in [0.25, 0.3) is 0 Å². The van der Waals surface area contributed by atoms with E-state index in [-0.39, 0.29) is 5.91 Å². The molecule has 6 nitrogen and oxygen atoms in total. The molecule has 7 heteroatoms. The van der Waals surface area contributed by atoms with Gasteiger partial charge in [-0.1, -0.05) is 0 Å². The van der Waals surface area contributed by atoms with Crippen LogP contribution in [0.1, 0.15) is 38.1 Å². The summed E-state index contributed by atoms with van der Waals surface area (Å²) in [5.41, 5.74) is 2.86. The molecule has 0 aromatic carbocycles. The predicted octanol–water partition coefficient (Wildman–Crippen LogP) is 1.98. The highest BCUT2D eigenvalue weighted by molar-refractivity contribution is 9.10. The smallest absolute Gasteiger partial charge is 0.255 e. The van der Waals surface area contributed by atoms with E-state index >= 15 is 0 Å². The minimum atomic E-state index is -0.191. The molecule has 0 saturated carbocycles. The summed E-state index contributed by atoms with van der Waals surface area (Å²) in [6.45, 7) is 9.97. The van der Waals surface area contributed by atoms with Gasteiger partial charge in [0, 0.05) is 35.8 Å². The summed E-state index contributed by atoms with van der Waals surface area (Å²) in [6.07, 6.45) is 1.59. The van der Waals surface area contributed by atoms with E-state index in [1.54, 1.807) is 12.3 Å². The monoisotopic (exact) mass is 357 g/mol. The van der Waals surface area contributed by atoms with Gasteiger partial charge in [0.1, 0.15) is 0 Å². The van der Waals surface area contributed by atoms with Crippen LogP contribution < -0.4 is 16.6 Å². The molecule has 1 aromatic heterocycles. The van der Waals surface area contributed by atoms with E-state index in [0.29, 0.717) is 30.0 Å². The molecule has 0 bridgehead atoms. The zero-order chi connectivity index (χ0) is 16.0. The van der Waals surface area contributed by atoms with Crippen molar-refractivity contribution < 1.29 is 4.79 Å². The molecule has 4 N–H and O–H groups in total. The van der Waals surface area contributed by atoms with Crippen molar-refractivity contribution in [2.75, 3.05) is 18.5 Å². The standard InChI is InChI=1S/C14H24BrN5O/c1-9(2)20(10(3)4)6-5-17-14(21)12-7-11(15)8-18-13(12)19-16/h7-10H,5-6,16H2,1-4H3,(H,17,21)(H,18,19). The predicted molar refractivity (Wildman–Crippen MR) is 89.1 cm³/mol. The van der Waals surface area contributed by atoms with Gasteiger partial charge in [-0.2, -0.15) is 0 Å². The first-order chi connectivity index (χ1) is 9.86. The van der Waals surface area contributed by atoms with Crippen molar-refractivity contribution in [3.05, 3.63) is 22.3 Å². The lowest BCUT2D eigenvalue weighted by Crippen LogP contribution is -2.42. The van der Waals surface area contributed by atoms with Crippen molar-refractivity contribution >= 4 is 27.7 Å². The first kappa shape index (κ1) is 17.9. The molecule has 21 heavy (non-hydrogen) atoms. The fraction of sp³-hybridized carbons (Fsp3) is 0.571. The Morgan fingerprint density at radius 2 is 2.00 bits per heavy atom. The number of pyridine rings is 1. The molecule has 0 unspecified atom stereocenters. The summed E-state index contributed by atoms with van der Waals surface area (Å²) < 4.78 is 0.734. The van der Waals surface area contributed by atoms with Crippen molar-refractivity contribution in [3.63, 3.8) is 0 Å². The van der Waals surface area contributed by atoms with Crippen LogP contribution in [0.4, 0.5) is 5.82 Å². The van der Waals surface area contributed by atoms with Crippen LogP contribution in [0.3, 0.4) is 0 Å². The molecule has 1 heterocycles. The maximum Gasteiger partial charge on any atom is 0.255 e. The molecule has 0 atom stereocenters. The van der Waals surface area contributed by atoms with Crippen molar-refractivity contribution in [2.24, 2.45) is 5.84 Å². The Kier molecular flexibility index (Phi) is 7.07. The SMILES string of the molecule is CC(C)N(CCNC(=O)c1cc(Br)cnc1NN)C(C)C. The maximum atomic E-state index is 12.2. The number of aromatic nitrogens is 1. The summed E-state index contributed by atoms with van der Waals surface area (Å²) in [5.74, 6) is 5.55. The van der Waals surface area contributed by atoms with E-state index in [0.717, 1.165) is 11.0 Å². The first-order valence-electron chi connectivity index (χ1n) is 7.03. The molecule has 0 saturated heterocycles. The van der Waals surface area contributed by atoms with Gasteiger partial charge in [-0.15, -0.1) is 0 Å². The van der Waals surface area contributed by atoms with Crippen LogP contribution in [0.15, 0.2) is 16.7 Å². The summed E-state index contributed by atoms with van der Waals surface area (Å²) in [5, 5.41) is 2.90. The number of nitrogens with one attached hydrogen (secondary N) is 2. The van der Waals surface area contributed by atoms with Crippen LogP contribution in [0, 0.1) is 0 Å². The Labute approximate surface area is 134 Å². The fourth-order valence-electron chi connectivity index (χ4n) is 2.23. The molecule has 0 radical (unpaired) electrons. The third-order valence-electron chi connectivity index (χ3n) is 3.22. The van der Waals surface area contributed by atoms with Gasteiger partial charge in [0.15, 0.2) is 5.82 Å². The Hall–Kier alpha value is -1.18. The molecule has 1 aromatic rings. The summed E-state index contributed by atoms with van der Waals surface area (Å²) in [6, 6.07) is 2.58. The molecule has 0 aliphatic heterocycles. The Morgan fingerprint density at radius 1 is 1.38 bits per heavy atom. The second kappa shape index (κ2) is 8.31. The van der Waals surface area contributed by atoms with Gasteiger partial charge in [-0.05, 0) is 49.7 Å². The van der Waals surface area contributed by atoms with Gasteiger partial charge in [-0.25, -0.2) is 10.8 Å². The van der Waals surface area contributed by atoms with Gasteiger partial charge in [0.05, 0.1) is 5.56 Å². The first-order valence-corrected chi connectivity index (χ1v) is 7.82. The lowest BCUT2D eigenvalue weighted by atomic mass is 10.2. The minimum Gasteiger partial charge on any atom is -0.351 e. The maximum absolute atomic E-state index is 12.2. The normalized spacial score (nSPS) is 11.3. The number of rotatable bonds is 7. The number of anilines is 1. The van der Waals surface area contributed by atoms with Crippen molar-refractivity contribution in [2.45, 2.75) is 39.8 Å². The van der Waals surface area contributed by atoms with E-state index in [1.165, 1.54) is 0 Å². The van der Waals surface area contributed by atoms with Crippen LogP contribution >= 0.6 is 15.9 Å². The fourth-order valence-corrected chi connectivity index (χ4v) is 2.57. The van der Waals surface area contributed by atoms with E-state index in [2.05, 4.69) is 64.3 Å². The largest absolute Gasteiger partial charge is 0.351 e. The Morgan fingerprint density at radius 3 is 2.52 bits per heavy atom. The van der Waals surface area contributed by atoms with Gasteiger partial charge in [0.2, 0.25) is 0 Å². The van der Waals surface area contributed by atoms with Crippen molar-refractivity contribution in [1.82, 2.24) is 15.2 Å². The molecular weight excluding hydrogens is 334 g/mol. The summed E-state index contributed by atoms with van der Waals surface area (Å²) in [7, 11) is 0. The van der Waals surface area contributed by atoms with Crippen LogP contribution in [0.5, 0.6) is 0 Å². The molecule has 0 fully saturated rings. The number of amides is 1. The number of hydrogen-bond donors (Lipinski definition) is 3. The zero-order valence-electron chi connectivity index (χ0n) is 13.0. The second-order valence-corrected chi connectivity index (χ2v) is 6.29. The van der Waals surface area contributed by atoms with E-state index in [9.17, 15) is 4.79 Å². The highest BCUT2D eigenvalue weighted by Gasteiger charge is 2.15. The van der Waals surface area contributed by atoms with Crippen molar-refractivity contribution in [3.8, 4) is 0 Å². The Balaban J connectivity index is 2.64. The Bertz CT molecular complexity index is 470. The van der Waals surface area contributed by atoms with E-state index in [4.69, 9.17) is 5.84 Å². The lowest BCUT2D eigenvalue weighted by molar-refractivity contribution is 0.0940. The van der Waals surface area contributed by atoms with E-state index in [1.807, 2.05) is 0 Å². The number of nitrogens with two attached hydrogens (primary N) is 1. The molecule has 118 valence electrons. The molecule has 1 rings (SSSR count). The quantitative estimate of drug-likeness (QED) is 0.513. The molecule has 0 aliphatic carbocycles. The van der Waals surface area contributed by atoms with Gasteiger partial charge < -0.3 is 10.7 Å². The molecule has 1 amide bonds. The number of nitrogen functional groups attached to an aromatic ring is 1. The highest BCUT2D eigenvalue weighted by atomic mass is 79.9. The number of halogens is 1. The minimum absolute atomic E-state index is 0.191. The number of nitrogens with zero attached hydrogens (tertiary/aromatic N) is 2. The van der Waals surface area contributed by atoms with Gasteiger partial charge in [0.25, 0.3) is 5.91 Å².